The maximum absolute atomic E-state index is 6.10. The largest absolute Gasteiger partial charge is 0.457 e. The van der Waals surface area contributed by atoms with Crippen molar-refractivity contribution in [3.63, 3.8) is 0 Å². The molecule has 0 atom stereocenters. The molecular formula is C37H28O3. The van der Waals surface area contributed by atoms with Crippen LogP contribution in [0.1, 0.15) is 5.56 Å². The molecule has 0 heterocycles. The summed E-state index contributed by atoms with van der Waals surface area (Å²) >= 11 is 0. The maximum Gasteiger partial charge on any atom is 0.127 e. The second-order valence-corrected chi connectivity index (χ2v) is 9.53. The van der Waals surface area contributed by atoms with Crippen LogP contribution in [0.15, 0.2) is 152 Å². The molecule has 0 unspecified atom stereocenters. The summed E-state index contributed by atoms with van der Waals surface area (Å²) in [5.41, 5.74) is 5.68. The van der Waals surface area contributed by atoms with Crippen LogP contribution >= 0.6 is 0 Å². The zero-order chi connectivity index (χ0) is 27.1. The Morgan fingerprint density at radius 1 is 0.275 bits per heavy atom. The summed E-state index contributed by atoms with van der Waals surface area (Å²) in [6.07, 6.45) is 0. The van der Waals surface area contributed by atoms with Crippen LogP contribution in [0.4, 0.5) is 0 Å². The summed E-state index contributed by atoms with van der Waals surface area (Å²) in [6, 6.07) is 50.3. The minimum absolute atomic E-state index is 0.790. The Bertz CT molecular complexity index is 1650. The Morgan fingerprint density at radius 3 is 0.825 bits per heavy atom. The van der Waals surface area contributed by atoms with E-state index in [9.17, 15) is 0 Å². The lowest BCUT2D eigenvalue weighted by Crippen LogP contribution is -1.87. The lowest BCUT2D eigenvalue weighted by molar-refractivity contribution is 0.482. The van der Waals surface area contributed by atoms with Gasteiger partial charge in [0.25, 0.3) is 0 Å². The lowest BCUT2D eigenvalue weighted by Gasteiger charge is -2.10. The van der Waals surface area contributed by atoms with E-state index in [0.29, 0.717) is 0 Å². The van der Waals surface area contributed by atoms with Crippen molar-refractivity contribution in [1.82, 2.24) is 0 Å². The van der Waals surface area contributed by atoms with E-state index in [1.54, 1.807) is 0 Å². The molecule has 40 heavy (non-hydrogen) atoms. The first-order valence-corrected chi connectivity index (χ1v) is 13.2. The van der Waals surface area contributed by atoms with E-state index in [-0.39, 0.29) is 0 Å². The molecule has 0 aliphatic carbocycles. The molecule has 3 heteroatoms. The minimum atomic E-state index is 0.790. The van der Waals surface area contributed by atoms with Gasteiger partial charge in [-0.25, -0.2) is 0 Å². The van der Waals surface area contributed by atoms with Crippen molar-refractivity contribution in [2.75, 3.05) is 0 Å². The maximum atomic E-state index is 6.10. The van der Waals surface area contributed by atoms with Crippen LogP contribution in [0.3, 0.4) is 0 Å². The quantitative estimate of drug-likeness (QED) is 0.200. The van der Waals surface area contributed by atoms with Gasteiger partial charge in [-0.3, -0.25) is 0 Å². The highest BCUT2D eigenvalue weighted by molar-refractivity contribution is 5.66. The Kier molecular flexibility index (Phi) is 7.27. The molecule has 3 nitrogen and oxygen atoms in total. The summed E-state index contributed by atoms with van der Waals surface area (Å²) in [5, 5.41) is 0. The van der Waals surface area contributed by atoms with Crippen LogP contribution in [-0.2, 0) is 0 Å². The van der Waals surface area contributed by atoms with Crippen molar-refractivity contribution in [3.05, 3.63) is 157 Å². The average Bonchev–Trinajstić information content (AvgIpc) is 3.01. The summed E-state index contributed by atoms with van der Waals surface area (Å²) in [7, 11) is 0. The molecule has 0 fully saturated rings. The van der Waals surface area contributed by atoms with E-state index in [1.165, 1.54) is 5.56 Å². The number of ether oxygens (including phenoxy) is 3. The van der Waals surface area contributed by atoms with Crippen molar-refractivity contribution in [2.45, 2.75) is 6.92 Å². The van der Waals surface area contributed by atoms with Gasteiger partial charge in [-0.2, -0.15) is 0 Å². The molecule has 0 bridgehead atoms. The van der Waals surface area contributed by atoms with Gasteiger partial charge in [0.1, 0.15) is 34.5 Å². The molecule has 0 N–H and O–H groups in total. The highest BCUT2D eigenvalue weighted by atomic mass is 16.5. The summed E-state index contributed by atoms with van der Waals surface area (Å²) in [5.74, 6) is 4.86. The molecule has 6 aromatic rings. The molecule has 0 saturated heterocycles. The van der Waals surface area contributed by atoms with E-state index in [1.807, 2.05) is 103 Å². The molecule has 6 aromatic carbocycles. The predicted molar refractivity (Wildman–Crippen MR) is 162 cm³/mol. The van der Waals surface area contributed by atoms with E-state index < -0.39 is 0 Å². The van der Waals surface area contributed by atoms with Crippen molar-refractivity contribution in [2.24, 2.45) is 0 Å². The van der Waals surface area contributed by atoms with Crippen LogP contribution < -0.4 is 14.2 Å². The van der Waals surface area contributed by atoms with Crippen molar-refractivity contribution in [3.8, 4) is 56.8 Å². The van der Waals surface area contributed by atoms with Crippen LogP contribution in [0.25, 0.3) is 22.3 Å². The van der Waals surface area contributed by atoms with Crippen molar-refractivity contribution in [1.29, 1.82) is 0 Å². The molecule has 6 rings (SSSR count). The fraction of sp³-hybridized carbons (Fsp3) is 0.0270. The predicted octanol–water partition coefficient (Wildman–Crippen LogP) is 10.7. The van der Waals surface area contributed by atoms with Gasteiger partial charge in [0.2, 0.25) is 0 Å². The standard InChI is InChI=1S/C37H28O3/c1-27-7-17-33(18-8-27)39-35-21-11-29(12-22-35)31-15-25-37(26-16-31)40-36-23-13-30(14-24-36)28-9-19-34(20-10-28)38-32-5-3-2-4-6-32/h2-26H,1H3. The molecule has 0 saturated carbocycles. The van der Waals surface area contributed by atoms with E-state index in [2.05, 4.69) is 55.5 Å². The average molecular weight is 521 g/mol. The first-order valence-electron chi connectivity index (χ1n) is 13.2. The third-order valence-electron chi connectivity index (χ3n) is 6.56. The number of aryl methyl sites for hydroxylation is 1. The summed E-state index contributed by atoms with van der Waals surface area (Å²) in [6.45, 7) is 2.06. The van der Waals surface area contributed by atoms with E-state index in [0.717, 1.165) is 56.8 Å². The Morgan fingerprint density at radius 2 is 0.525 bits per heavy atom. The molecule has 0 radical (unpaired) electrons. The van der Waals surface area contributed by atoms with Crippen LogP contribution in [0.5, 0.6) is 34.5 Å². The number of hydrogen-bond donors (Lipinski definition) is 0. The SMILES string of the molecule is Cc1ccc(Oc2ccc(-c3ccc(Oc4ccc(-c5ccc(Oc6ccccc6)cc5)cc4)cc3)cc2)cc1. The van der Waals surface area contributed by atoms with Gasteiger partial charge in [0.15, 0.2) is 0 Å². The number of hydrogen-bond acceptors (Lipinski definition) is 3. The summed E-state index contributed by atoms with van der Waals surface area (Å²) < 4.78 is 17.9. The van der Waals surface area contributed by atoms with Gasteiger partial charge in [0.05, 0.1) is 0 Å². The molecule has 0 spiro atoms. The number of benzene rings is 6. The van der Waals surface area contributed by atoms with Gasteiger partial charge in [-0.15, -0.1) is 0 Å². The Labute approximate surface area is 234 Å². The first-order chi connectivity index (χ1) is 19.7. The molecule has 0 aliphatic heterocycles. The fourth-order valence-corrected chi connectivity index (χ4v) is 4.36. The van der Waals surface area contributed by atoms with Crippen LogP contribution in [0.2, 0.25) is 0 Å². The third-order valence-corrected chi connectivity index (χ3v) is 6.56. The zero-order valence-electron chi connectivity index (χ0n) is 22.2. The highest BCUT2D eigenvalue weighted by Crippen LogP contribution is 2.31. The Hall–Kier alpha value is -5.28. The monoisotopic (exact) mass is 520 g/mol. The molecular weight excluding hydrogens is 492 g/mol. The van der Waals surface area contributed by atoms with Gasteiger partial charge < -0.3 is 14.2 Å². The van der Waals surface area contributed by atoms with Crippen LogP contribution in [-0.4, -0.2) is 0 Å². The summed E-state index contributed by atoms with van der Waals surface area (Å²) in [4.78, 5) is 0. The fourth-order valence-electron chi connectivity index (χ4n) is 4.36. The smallest absolute Gasteiger partial charge is 0.127 e. The van der Waals surface area contributed by atoms with Gasteiger partial charge in [0, 0.05) is 0 Å². The lowest BCUT2D eigenvalue weighted by atomic mass is 10.1. The topological polar surface area (TPSA) is 27.7 Å². The molecule has 194 valence electrons. The second kappa shape index (κ2) is 11.6. The van der Waals surface area contributed by atoms with Gasteiger partial charge >= 0.3 is 0 Å². The second-order valence-electron chi connectivity index (χ2n) is 9.53. The van der Waals surface area contributed by atoms with E-state index >= 15 is 0 Å². The van der Waals surface area contributed by atoms with Crippen molar-refractivity contribution < 1.29 is 14.2 Å². The van der Waals surface area contributed by atoms with E-state index in [4.69, 9.17) is 14.2 Å². The highest BCUT2D eigenvalue weighted by Gasteiger charge is 2.05. The number of para-hydroxylation sites is 1. The molecule has 0 aromatic heterocycles. The van der Waals surface area contributed by atoms with Crippen LogP contribution in [0, 0.1) is 6.92 Å². The van der Waals surface area contributed by atoms with Gasteiger partial charge in [-0.1, -0.05) is 84.4 Å². The normalized spacial score (nSPS) is 10.6. The number of rotatable bonds is 8. The zero-order valence-corrected chi connectivity index (χ0v) is 22.2. The van der Waals surface area contributed by atoms with Crippen molar-refractivity contribution >= 4 is 0 Å². The van der Waals surface area contributed by atoms with Gasteiger partial charge in [-0.05, 0) is 102 Å². The molecule has 0 aliphatic rings. The third kappa shape index (κ3) is 6.23. The first kappa shape index (κ1) is 25.0. The minimum Gasteiger partial charge on any atom is -0.457 e. The Balaban J connectivity index is 1.06. The molecule has 0 amide bonds.